The largest absolute Gasteiger partial charge is 0.310 e. The van der Waals surface area contributed by atoms with Gasteiger partial charge in [0.1, 0.15) is 0 Å². The second-order valence-electron chi connectivity index (χ2n) is 16.7. The van der Waals surface area contributed by atoms with Gasteiger partial charge in [-0.25, -0.2) is 0 Å². The van der Waals surface area contributed by atoms with Gasteiger partial charge >= 0.3 is 0 Å². The third-order valence-electron chi connectivity index (χ3n) is 12.8. The molecule has 310 valence electrons. The molecule has 0 spiro atoms. The van der Waals surface area contributed by atoms with Crippen molar-refractivity contribution < 1.29 is 0 Å². The summed E-state index contributed by atoms with van der Waals surface area (Å²) in [5.74, 6) is 0. The molecule has 0 amide bonds. The van der Waals surface area contributed by atoms with Crippen LogP contribution in [-0.4, -0.2) is 4.98 Å². The predicted molar refractivity (Wildman–Crippen MR) is 280 cm³/mol. The van der Waals surface area contributed by atoms with Gasteiger partial charge in [-0.1, -0.05) is 152 Å². The van der Waals surface area contributed by atoms with E-state index in [1.54, 1.807) is 0 Å². The van der Waals surface area contributed by atoms with Crippen LogP contribution in [0.3, 0.4) is 0 Å². The van der Waals surface area contributed by atoms with E-state index in [1.165, 1.54) is 54.2 Å². The number of aromatic nitrogens is 1. The predicted octanol–water partition coefficient (Wildman–Crippen LogP) is 17.6. The van der Waals surface area contributed by atoms with E-state index in [2.05, 4.69) is 257 Å². The SMILES string of the molecule is c1ccc(N(c2ccccc2)c2cccc(-c3c4ccccc4c(-c4cccc(N(c5ccccc5)c5ccccc5)c4)c4cc5c(cc34)c(-c3cccnc3)cc3ccccc35)c2)cc1. The molecule has 0 radical (unpaired) electrons. The van der Waals surface area contributed by atoms with Crippen molar-refractivity contribution in [1.82, 2.24) is 4.98 Å². The maximum Gasteiger partial charge on any atom is 0.0467 e. The van der Waals surface area contributed by atoms with Crippen molar-refractivity contribution in [2.24, 2.45) is 0 Å². The number of rotatable bonds is 9. The van der Waals surface area contributed by atoms with E-state index < -0.39 is 0 Å². The minimum Gasteiger partial charge on any atom is -0.310 e. The molecule has 3 heteroatoms. The van der Waals surface area contributed by atoms with Crippen LogP contribution in [0.1, 0.15) is 0 Å². The number of fused-ring (bicyclic) bond motifs is 5. The average Bonchev–Trinajstić information content (AvgIpc) is 3.39. The molecule has 0 aliphatic rings. The van der Waals surface area contributed by atoms with Gasteiger partial charge in [-0.15, -0.1) is 0 Å². The fourth-order valence-electron chi connectivity index (χ4n) is 9.96. The van der Waals surface area contributed by atoms with Crippen molar-refractivity contribution >= 4 is 77.2 Å². The van der Waals surface area contributed by atoms with Gasteiger partial charge in [-0.2, -0.15) is 0 Å². The van der Waals surface area contributed by atoms with E-state index >= 15 is 0 Å². The summed E-state index contributed by atoms with van der Waals surface area (Å²) in [4.78, 5) is 9.30. The Balaban J connectivity index is 1.18. The molecule has 1 aromatic heterocycles. The molecule has 3 nitrogen and oxygen atoms in total. The fraction of sp³-hybridized carbons (Fsp3) is 0. The Morgan fingerprint density at radius 3 is 1.14 bits per heavy atom. The Bertz CT molecular complexity index is 3610. The quantitative estimate of drug-likeness (QED) is 0.107. The van der Waals surface area contributed by atoms with Crippen molar-refractivity contribution in [3.05, 3.63) is 261 Å². The smallest absolute Gasteiger partial charge is 0.0467 e. The summed E-state index contributed by atoms with van der Waals surface area (Å²) in [5, 5.41) is 9.60. The van der Waals surface area contributed by atoms with Crippen LogP contribution in [-0.2, 0) is 0 Å². The maximum absolute atomic E-state index is 4.60. The van der Waals surface area contributed by atoms with Gasteiger partial charge in [0.05, 0.1) is 0 Å². The van der Waals surface area contributed by atoms with Crippen LogP contribution in [0.15, 0.2) is 261 Å². The summed E-state index contributed by atoms with van der Waals surface area (Å²) >= 11 is 0. The summed E-state index contributed by atoms with van der Waals surface area (Å²) in [7, 11) is 0. The molecule has 66 heavy (non-hydrogen) atoms. The van der Waals surface area contributed by atoms with Crippen LogP contribution in [0.2, 0.25) is 0 Å². The average molecular weight is 842 g/mol. The first kappa shape index (κ1) is 38.9. The molecular weight excluding hydrogens is 799 g/mol. The number of hydrogen-bond acceptors (Lipinski definition) is 3. The Morgan fingerprint density at radius 1 is 0.258 bits per heavy atom. The van der Waals surface area contributed by atoms with Crippen molar-refractivity contribution in [2.75, 3.05) is 9.80 Å². The monoisotopic (exact) mass is 841 g/mol. The van der Waals surface area contributed by atoms with Gasteiger partial charge in [0.25, 0.3) is 0 Å². The normalized spacial score (nSPS) is 11.3. The molecule has 0 aliphatic carbocycles. The van der Waals surface area contributed by atoms with Crippen molar-refractivity contribution in [2.45, 2.75) is 0 Å². The molecule has 0 bridgehead atoms. The van der Waals surface area contributed by atoms with Crippen LogP contribution in [0, 0.1) is 0 Å². The number of para-hydroxylation sites is 4. The van der Waals surface area contributed by atoms with Gasteiger partial charge in [-0.3, -0.25) is 4.98 Å². The Labute approximate surface area is 384 Å². The first-order chi connectivity index (χ1) is 32.8. The Morgan fingerprint density at radius 2 is 0.667 bits per heavy atom. The van der Waals surface area contributed by atoms with Crippen molar-refractivity contribution in [1.29, 1.82) is 0 Å². The molecule has 0 aliphatic heterocycles. The highest BCUT2D eigenvalue weighted by Crippen LogP contribution is 2.49. The van der Waals surface area contributed by atoms with Gasteiger partial charge in [0.2, 0.25) is 0 Å². The topological polar surface area (TPSA) is 19.4 Å². The highest BCUT2D eigenvalue weighted by Gasteiger charge is 2.22. The third-order valence-corrected chi connectivity index (χ3v) is 12.8. The van der Waals surface area contributed by atoms with Gasteiger partial charge in [0, 0.05) is 52.1 Å². The zero-order valence-electron chi connectivity index (χ0n) is 36.2. The lowest BCUT2D eigenvalue weighted by molar-refractivity contribution is 1.28. The molecule has 0 N–H and O–H groups in total. The minimum atomic E-state index is 1.09. The van der Waals surface area contributed by atoms with Crippen LogP contribution in [0.5, 0.6) is 0 Å². The second kappa shape index (κ2) is 16.7. The number of anilines is 6. The molecule has 12 aromatic rings. The van der Waals surface area contributed by atoms with E-state index in [-0.39, 0.29) is 0 Å². The Kier molecular flexibility index (Phi) is 9.85. The van der Waals surface area contributed by atoms with Crippen LogP contribution in [0.25, 0.3) is 76.5 Å². The molecule has 0 saturated heterocycles. The van der Waals surface area contributed by atoms with E-state index in [0.29, 0.717) is 0 Å². The zero-order chi connectivity index (χ0) is 43.8. The van der Waals surface area contributed by atoms with E-state index in [1.807, 2.05) is 18.5 Å². The molecule has 0 fully saturated rings. The zero-order valence-corrected chi connectivity index (χ0v) is 36.2. The summed E-state index contributed by atoms with van der Waals surface area (Å²) in [6, 6.07) is 90.1. The standard InChI is InChI=1S/C63H43N3/c1-5-24-48(25-6-1)65(49-26-7-2-8-27-49)52-32-17-21-45(38-52)62-55-35-15-16-36-56(55)63(46-22-18-33-53(39-46)66(50-28-9-3-10-29-50)51-30-11-4-12-31-51)61-42-59-57(47-23-19-37-64-43-47)40-44-20-13-14-34-54(44)58(59)41-60(61)62/h1-43H. The summed E-state index contributed by atoms with van der Waals surface area (Å²) in [6.07, 6.45) is 3.84. The van der Waals surface area contributed by atoms with Crippen LogP contribution >= 0.6 is 0 Å². The highest BCUT2D eigenvalue weighted by atomic mass is 15.1. The second-order valence-corrected chi connectivity index (χ2v) is 16.7. The molecule has 1 heterocycles. The van der Waals surface area contributed by atoms with Gasteiger partial charge in [-0.05, 0) is 168 Å². The summed E-state index contributed by atoms with van der Waals surface area (Å²) < 4.78 is 0. The van der Waals surface area contributed by atoms with Crippen molar-refractivity contribution in [3.63, 3.8) is 0 Å². The highest BCUT2D eigenvalue weighted by molar-refractivity contribution is 6.27. The van der Waals surface area contributed by atoms with Crippen molar-refractivity contribution in [3.8, 4) is 33.4 Å². The maximum atomic E-state index is 4.60. The summed E-state index contributed by atoms with van der Waals surface area (Å²) in [5.41, 5.74) is 13.5. The van der Waals surface area contributed by atoms with Gasteiger partial charge in [0.15, 0.2) is 0 Å². The molecule has 11 aromatic carbocycles. The van der Waals surface area contributed by atoms with Crippen LogP contribution < -0.4 is 9.80 Å². The lowest BCUT2D eigenvalue weighted by Gasteiger charge is -2.27. The summed E-state index contributed by atoms with van der Waals surface area (Å²) in [6.45, 7) is 0. The third kappa shape index (κ3) is 6.91. The molecule has 0 unspecified atom stereocenters. The first-order valence-corrected chi connectivity index (χ1v) is 22.5. The Hall–Kier alpha value is -8.79. The fourth-order valence-corrected chi connectivity index (χ4v) is 9.96. The minimum absolute atomic E-state index is 1.09. The van der Waals surface area contributed by atoms with E-state index in [0.717, 1.165) is 56.4 Å². The lowest BCUT2D eigenvalue weighted by atomic mass is 9.83. The molecule has 0 saturated carbocycles. The van der Waals surface area contributed by atoms with Crippen LogP contribution in [0.4, 0.5) is 34.1 Å². The number of pyridine rings is 1. The first-order valence-electron chi connectivity index (χ1n) is 22.5. The molecule has 12 rings (SSSR count). The van der Waals surface area contributed by atoms with E-state index in [9.17, 15) is 0 Å². The molecular formula is C63H43N3. The number of nitrogens with zero attached hydrogens (tertiary/aromatic N) is 3. The molecule has 0 atom stereocenters. The number of hydrogen-bond donors (Lipinski definition) is 0. The van der Waals surface area contributed by atoms with Gasteiger partial charge < -0.3 is 9.80 Å². The number of benzene rings is 11. The lowest BCUT2D eigenvalue weighted by Crippen LogP contribution is -2.09. The van der Waals surface area contributed by atoms with E-state index in [4.69, 9.17) is 0 Å².